The molecule has 26 heavy (non-hydrogen) atoms. The van der Waals surface area contributed by atoms with Crippen LogP contribution in [0.15, 0.2) is 34.8 Å². The number of amides is 1. The highest BCUT2D eigenvalue weighted by atomic mass is 79.9. The average molecular weight is 424 g/mol. The van der Waals surface area contributed by atoms with E-state index in [-0.39, 0.29) is 6.61 Å². The summed E-state index contributed by atoms with van der Waals surface area (Å²) in [7, 11) is 0. The van der Waals surface area contributed by atoms with Gasteiger partial charge in [0.2, 0.25) is 0 Å². The molecule has 0 bridgehead atoms. The Hall–Kier alpha value is -1.79. The maximum atomic E-state index is 11.5. The van der Waals surface area contributed by atoms with Gasteiger partial charge in [-0.05, 0) is 62.6 Å². The van der Waals surface area contributed by atoms with Gasteiger partial charge >= 0.3 is 6.09 Å². The van der Waals surface area contributed by atoms with Crippen molar-refractivity contribution in [3.05, 3.63) is 40.4 Å². The minimum atomic E-state index is -0.487. The zero-order valence-corrected chi connectivity index (χ0v) is 17.1. The molecule has 6 heteroatoms. The van der Waals surface area contributed by atoms with Crippen LogP contribution in [0.2, 0.25) is 0 Å². The van der Waals surface area contributed by atoms with Gasteiger partial charge in [-0.25, -0.2) is 4.79 Å². The quantitative estimate of drug-likeness (QED) is 0.628. The molecule has 2 rings (SSSR count). The normalized spacial score (nSPS) is 11.4. The summed E-state index contributed by atoms with van der Waals surface area (Å²) in [6.45, 7) is 6.49. The first-order valence-corrected chi connectivity index (χ1v) is 9.51. The molecule has 5 nitrogen and oxygen atoms in total. The Balaban J connectivity index is 1.81. The fraction of sp³-hybridized carbons (Fsp3) is 0.450. The van der Waals surface area contributed by atoms with Gasteiger partial charge in [-0.1, -0.05) is 28.1 Å². The zero-order valence-electron chi connectivity index (χ0n) is 15.5. The van der Waals surface area contributed by atoms with E-state index in [1.807, 2.05) is 51.1 Å². The first-order valence-electron chi connectivity index (χ1n) is 8.72. The van der Waals surface area contributed by atoms with E-state index in [1.165, 1.54) is 0 Å². The number of ether oxygens (including phenoxy) is 2. The fourth-order valence-electron chi connectivity index (χ4n) is 2.56. The number of benzene rings is 2. The largest absolute Gasteiger partial charge is 0.493 e. The maximum Gasteiger partial charge on any atom is 0.407 e. The molecule has 0 saturated carbocycles. The van der Waals surface area contributed by atoms with E-state index in [9.17, 15) is 9.90 Å². The molecule has 2 aromatic rings. The van der Waals surface area contributed by atoms with E-state index in [1.54, 1.807) is 0 Å². The second kappa shape index (κ2) is 9.24. The van der Waals surface area contributed by atoms with E-state index in [0.717, 1.165) is 33.7 Å². The number of carbonyl (C=O) groups is 1. The number of rotatable bonds is 7. The number of unbranched alkanes of at least 4 members (excludes halogenated alkanes) is 1. The summed E-state index contributed by atoms with van der Waals surface area (Å²) in [5.74, 6) is 0.697. The Morgan fingerprint density at radius 1 is 1.19 bits per heavy atom. The highest BCUT2D eigenvalue weighted by Crippen LogP contribution is 2.30. The van der Waals surface area contributed by atoms with Crippen LogP contribution in [-0.4, -0.2) is 30.0 Å². The Kier molecular flexibility index (Phi) is 7.29. The number of aliphatic hydroxyl groups excluding tert-OH is 1. The molecule has 0 saturated heterocycles. The highest BCUT2D eigenvalue weighted by molar-refractivity contribution is 9.10. The number of aliphatic hydroxyl groups is 1. The molecule has 0 aliphatic carbocycles. The van der Waals surface area contributed by atoms with Crippen molar-refractivity contribution in [2.24, 2.45) is 0 Å². The Morgan fingerprint density at radius 3 is 2.65 bits per heavy atom. The smallest absolute Gasteiger partial charge is 0.407 e. The van der Waals surface area contributed by atoms with Crippen molar-refractivity contribution in [1.29, 1.82) is 0 Å². The molecule has 2 aromatic carbocycles. The third-order valence-electron chi connectivity index (χ3n) is 3.71. The van der Waals surface area contributed by atoms with Crippen LogP contribution in [0.4, 0.5) is 4.79 Å². The standard InChI is InChI=1S/C20H26BrNO4/c1-20(2,3)26-19(24)22-10-4-5-11-25-18-9-6-14-12-15(21)7-8-16(14)17(18)13-23/h6-9,12,23H,4-5,10-11,13H2,1-3H3,(H,22,24). The number of fused-ring (bicyclic) bond motifs is 1. The van der Waals surface area contributed by atoms with E-state index >= 15 is 0 Å². The molecule has 1 amide bonds. The summed E-state index contributed by atoms with van der Waals surface area (Å²) in [5.41, 5.74) is 0.307. The van der Waals surface area contributed by atoms with Gasteiger partial charge in [0, 0.05) is 16.6 Å². The van der Waals surface area contributed by atoms with Crippen molar-refractivity contribution in [2.75, 3.05) is 13.2 Å². The van der Waals surface area contributed by atoms with E-state index < -0.39 is 11.7 Å². The van der Waals surface area contributed by atoms with Crippen LogP contribution in [-0.2, 0) is 11.3 Å². The maximum absolute atomic E-state index is 11.5. The van der Waals surface area contributed by atoms with Crippen LogP contribution in [0.5, 0.6) is 5.75 Å². The molecule has 0 atom stereocenters. The summed E-state index contributed by atoms with van der Waals surface area (Å²) in [4.78, 5) is 11.5. The summed E-state index contributed by atoms with van der Waals surface area (Å²) in [6.07, 6.45) is 1.18. The third-order valence-corrected chi connectivity index (χ3v) is 4.20. The number of halogens is 1. The van der Waals surface area contributed by atoms with Gasteiger partial charge in [0.05, 0.1) is 13.2 Å². The Morgan fingerprint density at radius 2 is 1.96 bits per heavy atom. The van der Waals surface area contributed by atoms with Crippen molar-refractivity contribution in [1.82, 2.24) is 5.32 Å². The van der Waals surface area contributed by atoms with Gasteiger partial charge in [-0.2, -0.15) is 0 Å². The lowest BCUT2D eigenvalue weighted by Crippen LogP contribution is -2.33. The molecule has 0 spiro atoms. The highest BCUT2D eigenvalue weighted by Gasteiger charge is 2.15. The molecule has 2 N–H and O–H groups in total. The van der Waals surface area contributed by atoms with Crippen LogP contribution in [0.25, 0.3) is 10.8 Å². The second-order valence-electron chi connectivity index (χ2n) is 7.05. The fourth-order valence-corrected chi connectivity index (χ4v) is 2.94. The molecular formula is C20H26BrNO4. The van der Waals surface area contributed by atoms with Crippen LogP contribution >= 0.6 is 15.9 Å². The Labute approximate surface area is 162 Å². The van der Waals surface area contributed by atoms with Crippen molar-refractivity contribution < 1.29 is 19.4 Å². The van der Waals surface area contributed by atoms with Gasteiger partial charge in [-0.15, -0.1) is 0 Å². The van der Waals surface area contributed by atoms with Crippen molar-refractivity contribution in [3.8, 4) is 5.75 Å². The molecule has 0 aliphatic heterocycles. The summed E-state index contributed by atoms with van der Waals surface area (Å²) in [5, 5.41) is 14.5. The Bertz CT molecular complexity index is 755. The summed E-state index contributed by atoms with van der Waals surface area (Å²) in [6, 6.07) is 9.81. The lowest BCUT2D eigenvalue weighted by Gasteiger charge is -2.19. The number of hydrogen-bond acceptors (Lipinski definition) is 4. The van der Waals surface area contributed by atoms with E-state index in [0.29, 0.717) is 18.9 Å². The number of nitrogens with one attached hydrogen (secondary N) is 1. The molecule has 0 aliphatic rings. The van der Waals surface area contributed by atoms with Crippen LogP contribution < -0.4 is 10.1 Å². The second-order valence-corrected chi connectivity index (χ2v) is 7.97. The summed E-state index contributed by atoms with van der Waals surface area (Å²) < 4.78 is 12.0. The van der Waals surface area contributed by atoms with Gasteiger partial charge in [0.15, 0.2) is 0 Å². The van der Waals surface area contributed by atoms with Crippen LogP contribution in [0, 0.1) is 0 Å². The van der Waals surface area contributed by atoms with Crippen molar-refractivity contribution >= 4 is 32.8 Å². The van der Waals surface area contributed by atoms with Crippen molar-refractivity contribution in [2.45, 2.75) is 45.8 Å². The van der Waals surface area contributed by atoms with Gasteiger partial charge < -0.3 is 19.9 Å². The SMILES string of the molecule is CC(C)(C)OC(=O)NCCCCOc1ccc2cc(Br)ccc2c1CO. The molecule has 0 radical (unpaired) electrons. The molecule has 142 valence electrons. The predicted octanol–water partition coefficient (Wildman–Crippen LogP) is 4.78. The topological polar surface area (TPSA) is 67.8 Å². The lowest BCUT2D eigenvalue weighted by atomic mass is 10.0. The average Bonchev–Trinajstić information content (AvgIpc) is 2.55. The minimum absolute atomic E-state index is 0.0749. The number of carbonyl (C=O) groups excluding carboxylic acids is 1. The van der Waals surface area contributed by atoms with Gasteiger partial charge in [-0.3, -0.25) is 0 Å². The number of alkyl carbamates (subject to hydrolysis) is 1. The van der Waals surface area contributed by atoms with E-state index in [2.05, 4.69) is 21.2 Å². The molecule has 0 heterocycles. The van der Waals surface area contributed by atoms with Gasteiger partial charge in [0.1, 0.15) is 11.4 Å². The minimum Gasteiger partial charge on any atom is -0.493 e. The first-order chi connectivity index (χ1) is 12.3. The van der Waals surface area contributed by atoms with Crippen LogP contribution in [0.1, 0.15) is 39.2 Å². The van der Waals surface area contributed by atoms with Crippen molar-refractivity contribution in [3.63, 3.8) is 0 Å². The van der Waals surface area contributed by atoms with E-state index in [4.69, 9.17) is 9.47 Å². The summed E-state index contributed by atoms with van der Waals surface area (Å²) >= 11 is 3.46. The van der Waals surface area contributed by atoms with Gasteiger partial charge in [0.25, 0.3) is 0 Å². The monoisotopic (exact) mass is 423 g/mol. The van der Waals surface area contributed by atoms with Crippen LogP contribution in [0.3, 0.4) is 0 Å². The molecule has 0 unspecified atom stereocenters. The predicted molar refractivity (Wildman–Crippen MR) is 107 cm³/mol. The first kappa shape index (κ1) is 20.5. The molecule has 0 fully saturated rings. The number of hydrogen-bond donors (Lipinski definition) is 2. The lowest BCUT2D eigenvalue weighted by molar-refractivity contribution is 0.0526. The molecule has 0 aromatic heterocycles. The third kappa shape index (κ3) is 6.18. The molecular weight excluding hydrogens is 398 g/mol. The zero-order chi connectivity index (χ0) is 19.2.